The number of amides is 2. The molecule has 0 aliphatic heterocycles. The zero-order valence-electron chi connectivity index (χ0n) is 14.5. The number of carbonyl (C=O) groups excluding carboxylic acids is 2. The van der Waals surface area contributed by atoms with Crippen LogP contribution in [0, 0.1) is 0 Å². The van der Waals surface area contributed by atoms with Crippen molar-refractivity contribution in [2.24, 2.45) is 5.73 Å². The number of carbonyl (C=O) groups is 2. The first-order valence-corrected chi connectivity index (χ1v) is 8.21. The number of nitrogens with two attached hydrogens (primary N) is 1. The molecule has 0 aromatic carbocycles. The van der Waals surface area contributed by atoms with Gasteiger partial charge in [-0.15, -0.1) is 0 Å². The van der Waals surface area contributed by atoms with Crippen molar-refractivity contribution in [3.05, 3.63) is 0 Å². The molecule has 1 fully saturated rings. The Balaban J connectivity index is 2.81. The van der Waals surface area contributed by atoms with Crippen LogP contribution in [0.15, 0.2) is 0 Å². The van der Waals surface area contributed by atoms with Crippen molar-refractivity contribution in [2.75, 3.05) is 6.54 Å². The van der Waals surface area contributed by atoms with E-state index >= 15 is 0 Å². The maximum atomic E-state index is 12.4. The van der Waals surface area contributed by atoms with Crippen LogP contribution in [0.4, 0.5) is 4.79 Å². The first-order chi connectivity index (χ1) is 10.2. The van der Waals surface area contributed by atoms with E-state index in [0.717, 1.165) is 25.7 Å². The largest absolute Gasteiger partial charge is 0.444 e. The molecule has 0 heterocycles. The van der Waals surface area contributed by atoms with Crippen molar-refractivity contribution in [1.82, 2.24) is 10.2 Å². The number of likely N-dealkylation sites (N-methyl/N-ethyl adjacent to an activating group) is 1. The summed E-state index contributed by atoms with van der Waals surface area (Å²) in [6, 6.07) is -0.629. The lowest BCUT2D eigenvalue weighted by Crippen LogP contribution is -2.57. The van der Waals surface area contributed by atoms with Crippen molar-refractivity contribution in [2.45, 2.75) is 84.0 Å². The van der Waals surface area contributed by atoms with Gasteiger partial charge in [0, 0.05) is 12.6 Å². The van der Waals surface area contributed by atoms with Gasteiger partial charge in [0.25, 0.3) is 0 Å². The van der Waals surface area contributed by atoms with Gasteiger partial charge in [-0.3, -0.25) is 4.79 Å². The summed E-state index contributed by atoms with van der Waals surface area (Å²) in [7, 11) is 0. The summed E-state index contributed by atoms with van der Waals surface area (Å²) in [6.45, 7) is 9.73. The molecule has 1 rings (SSSR count). The van der Waals surface area contributed by atoms with E-state index in [2.05, 4.69) is 5.32 Å². The van der Waals surface area contributed by atoms with Crippen LogP contribution in [0.2, 0.25) is 0 Å². The molecule has 0 saturated heterocycles. The van der Waals surface area contributed by atoms with Crippen molar-refractivity contribution >= 4 is 12.0 Å². The minimum atomic E-state index is -0.542. The molecule has 22 heavy (non-hydrogen) atoms. The first-order valence-electron chi connectivity index (χ1n) is 8.21. The van der Waals surface area contributed by atoms with Gasteiger partial charge in [0.05, 0.1) is 12.1 Å². The van der Waals surface area contributed by atoms with Crippen LogP contribution in [0.5, 0.6) is 0 Å². The van der Waals surface area contributed by atoms with Crippen LogP contribution in [0.25, 0.3) is 0 Å². The normalized spacial score (nSPS) is 23.5. The second kappa shape index (κ2) is 7.81. The molecule has 2 amide bonds. The van der Waals surface area contributed by atoms with E-state index in [-0.39, 0.29) is 24.1 Å². The quantitative estimate of drug-likeness (QED) is 0.831. The lowest BCUT2D eigenvalue weighted by atomic mass is 9.89. The molecule has 3 atom stereocenters. The van der Waals surface area contributed by atoms with Crippen LogP contribution in [0.3, 0.4) is 0 Å². The van der Waals surface area contributed by atoms with Gasteiger partial charge in [-0.1, -0.05) is 12.8 Å². The van der Waals surface area contributed by atoms with Gasteiger partial charge in [-0.05, 0) is 47.5 Å². The summed E-state index contributed by atoms with van der Waals surface area (Å²) >= 11 is 0. The zero-order valence-corrected chi connectivity index (χ0v) is 14.5. The number of ether oxygens (including phenoxy) is 1. The Hall–Kier alpha value is -1.30. The van der Waals surface area contributed by atoms with Gasteiger partial charge in [-0.2, -0.15) is 0 Å². The maximum absolute atomic E-state index is 12.4. The molecule has 0 aromatic rings. The number of rotatable bonds is 4. The second-order valence-electron chi connectivity index (χ2n) is 7.02. The minimum Gasteiger partial charge on any atom is -0.444 e. The van der Waals surface area contributed by atoms with E-state index in [1.165, 1.54) is 0 Å². The van der Waals surface area contributed by atoms with E-state index in [9.17, 15) is 9.59 Å². The lowest BCUT2D eigenvalue weighted by Gasteiger charge is -2.40. The summed E-state index contributed by atoms with van der Waals surface area (Å²) in [5.41, 5.74) is 5.11. The smallest absolute Gasteiger partial charge is 0.410 e. The van der Waals surface area contributed by atoms with E-state index in [1.807, 2.05) is 27.7 Å². The molecule has 1 aliphatic carbocycles. The van der Waals surface area contributed by atoms with Crippen LogP contribution in [-0.2, 0) is 9.53 Å². The molecule has 0 radical (unpaired) electrons. The van der Waals surface area contributed by atoms with Gasteiger partial charge in [-0.25, -0.2) is 4.79 Å². The molecule has 6 heteroatoms. The monoisotopic (exact) mass is 313 g/mol. The maximum Gasteiger partial charge on any atom is 0.410 e. The van der Waals surface area contributed by atoms with Crippen LogP contribution < -0.4 is 11.1 Å². The molecule has 0 unspecified atom stereocenters. The van der Waals surface area contributed by atoms with Gasteiger partial charge in [0.2, 0.25) is 5.91 Å². The molecule has 1 saturated carbocycles. The van der Waals surface area contributed by atoms with Crippen LogP contribution in [0.1, 0.15) is 60.3 Å². The van der Waals surface area contributed by atoms with Gasteiger partial charge < -0.3 is 20.7 Å². The van der Waals surface area contributed by atoms with E-state index in [4.69, 9.17) is 10.5 Å². The topological polar surface area (TPSA) is 84.7 Å². The third-order valence-electron chi connectivity index (χ3n) is 3.84. The molecule has 1 aliphatic rings. The summed E-state index contributed by atoms with van der Waals surface area (Å²) in [5.74, 6) is -0.169. The Kier molecular flexibility index (Phi) is 6.66. The van der Waals surface area contributed by atoms with E-state index in [1.54, 1.807) is 11.8 Å². The number of hydrogen-bond acceptors (Lipinski definition) is 4. The Labute approximate surface area is 133 Å². The molecule has 6 nitrogen and oxygen atoms in total. The van der Waals surface area contributed by atoms with Crippen molar-refractivity contribution in [1.29, 1.82) is 0 Å². The average Bonchev–Trinajstić information content (AvgIpc) is 2.39. The number of nitrogens with one attached hydrogen (secondary N) is 1. The molecule has 3 N–H and O–H groups in total. The average molecular weight is 313 g/mol. The van der Waals surface area contributed by atoms with Gasteiger partial charge >= 0.3 is 6.09 Å². The third kappa shape index (κ3) is 5.48. The van der Waals surface area contributed by atoms with Gasteiger partial charge in [0.15, 0.2) is 0 Å². The molecule has 0 spiro atoms. The van der Waals surface area contributed by atoms with Crippen LogP contribution >= 0.6 is 0 Å². The third-order valence-corrected chi connectivity index (χ3v) is 3.84. The SMILES string of the molecule is CCN(C(=O)OC(C)(C)C)[C@H]1CCCC[C@H]1NC(=O)[C@H](C)N. The van der Waals surface area contributed by atoms with Crippen LogP contribution in [-0.4, -0.2) is 47.2 Å². The Morgan fingerprint density at radius 2 is 1.91 bits per heavy atom. The molecular formula is C16H31N3O3. The predicted molar refractivity (Wildman–Crippen MR) is 86.5 cm³/mol. The Bertz CT molecular complexity index is 391. The Morgan fingerprint density at radius 1 is 1.32 bits per heavy atom. The lowest BCUT2D eigenvalue weighted by molar-refractivity contribution is -0.123. The fraction of sp³-hybridized carbons (Fsp3) is 0.875. The summed E-state index contributed by atoms with van der Waals surface area (Å²) in [6.07, 6.45) is 3.52. The second-order valence-corrected chi connectivity index (χ2v) is 7.02. The predicted octanol–water partition coefficient (Wildman–Crippen LogP) is 2.02. The fourth-order valence-corrected chi connectivity index (χ4v) is 2.79. The minimum absolute atomic E-state index is 0.0312. The highest BCUT2D eigenvalue weighted by Crippen LogP contribution is 2.25. The Morgan fingerprint density at radius 3 is 2.41 bits per heavy atom. The molecule has 0 bridgehead atoms. The highest BCUT2D eigenvalue weighted by molar-refractivity contribution is 5.81. The molecule has 0 aromatic heterocycles. The molecule has 128 valence electrons. The van der Waals surface area contributed by atoms with Crippen molar-refractivity contribution < 1.29 is 14.3 Å². The summed E-state index contributed by atoms with van der Waals surface area (Å²) in [5, 5.41) is 2.99. The summed E-state index contributed by atoms with van der Waals surface area (Å²) < 4.78 is 5.49. The van der Waals surface area contributed by atoms with E-state index in [0.29, 0.717) is 6.54 Å². The van der Waals surface area contributed by atoms with E-state index < -0.39 is 11.6 Å². The highest BCUT2D eigenvalue weighted by atomic mass is 16.6. The zero-order chi connectivity index (χ0) is 16.9. The highest BCUT2D eigenvalue weighted by Gasteiger charge is 2.35. The van der Waals surface area contributed by atoms with Crippen molar-refractivity contribution in [3.8, 4) is 0 Å². The standard InChI is InChI=1S/C16H31N3O3/c1-6-19(15(21)22-16(3,4)5)13-10-8-7-9-12(13)18-14(20)11(2)17/h11-13H,6-10,17H2,1-5H3,(H,18,20)/t11-,12+,13-/m0/s1. The molecular weight excluding hydrogens is 282 g/mol. The summed E-state index contributed by atoms with van der Waals surface area (Å²) in [4.78, 5) is 26.0. The number of hydrogen-bond donors (Lipinski definition) is 2. The fourth-order valence-electron chi connectivity index (χ4n) is 2.79. The number of nitrogens with zero attached hydrogens (tertiary/aromatic N) is 1. The van der Waals surface area contributed by atoms with Gasteiger partial charge in [0.1, 0.15) is 5.60 Å². The first kappa shape index (κ1) is 18.7. The van der Waals surface area contributed by atoms with Crippen molar-refractivity contribution in [3.63, 3.8) is 0 Å².